The molecule has 0 aliphatic carbocycles. The Morgan fingerprint density at radius 1 is 1.71 bits per heavy atom. The van der Waals surface area contributed by atoms with Gasteiger partial charge in [0.2, 0.25) is 0 Å². The molecule has 1 unspecified atom stereocenters. The minimum atomic E-state index is 0.338. The molecule has 0 radical (unpaired) electrons. The molecule has 1 atom stereocenters. The molecule has 0 aliphatic heterocycles. The summed E-state index contributed by atoms with van der Waals surface area (Å²) in [6.07, 6.45) is 0.933. The minimum absolute atomic E-state index is 0.338. The number of rotatable bonds is 6. The van der Waals surface area contributed by atoms with Crippen LogP contribution in [0.15, 0.2) is 5.38 Å². The van der Waals surface area contributed by atoms with Gasteiger partial charge in [0.25, 0.3) is 0 Å². The monoisotopic (exact) mass is 231 g/mol. The van der Waals surface area contributed by atoms with Gasteiger partial charge in [-0.05, 0) is 12.7 Å². The van der Waals surface area contributed by atoms with Gasteiger partial charge in [0.15, 0.2) is 0 Å². The molecular formula is C9H17N3S2. The van der Waals surface area contributed by atoms with E-state index in [0.29, 0.717) is 6.04 Å². The predicted molar refractivity (Wildman–Crippen MR) is 64.7 cm³/mol. The highest BCUT2D eigenvalue weighted by molar-refractivity contribution is 7.99. The molecule has 0 saturated heterocycles. The van der Waals surface area contributed by atoms with Crippen molar-refractivity contribution in [2.45, 2.75) is 26.3 Å². The van der Waals surface area contributed by atoms with Crippen molar-refractivity contribution >= 4 is 23.1 Å². The van der Waals surface area contributed by atoms with Crippen LogP contribution in [-0.4, -0.2) is 22.5 Å². The van der Waals surface area contributed by atoms with E-state index in [1.54, 1.807) is 11.3 Å². The van der Waals surface area contributed by atoms with E-state index >= 15 is 0 Å². The van der Waals surface area contributed by atoms with Crippen molar-refractivity contribution in [2.75, 3.05) is 11.5 Å². The van der Waals surface area contributed by atoms with Crippen molar-refractivity contribution in [3.8, 4) is 0 Å². The fourth-order valence-corrected chi connectivity index (χ4v) is 2.72. The Kier molecular flexibility index (Phi) is 5.47. The van der Waals surface area contributed by atoms with Crippen molar-refractivity contribution in [3.63, 3.8) is 0 Å². The van der Waals surface area contributed by atoms with Crippen LogP contribution in [0, 0.1) is 6.92 Å². The van der Waals surface area contributed by atoms with Crippen molar-refractivity contribution in [1.82, 2.24) is 10.4 Å². The maximum absolute atomic E-state index is 5.48. The molecule has 0 amide bonds. The molecule has 0 fully saturated rings. The van der Waals surface area contributed by atoms with E-state index < -0.39 is 0 Å². The number of nitrogens with zero attached hydrogens (tertiary/aromatic N) is 1. The highest BCUT2D eigenvalue weighted by atomic mass is 32.2. The summed E-state index contributed by atoms with van der Waals surface area (Å²) in [4.78, 5) is 4.42. The second-order valence-electron chi connectivity index (χ2n) is 3.11. The lowest BCUT2D eigenvalue weighted by atomic mass is 10.2. The van der Waals surface area contributed by atoms with Gasteiger partial charge in [-0.1, -0.05) is 6.92 Å². The normalized spacial score (nSPS) is 13.1. The van der Waals surface area contributed by atoms with Crippen molar-refractivity contribution < 1.29 is 0 Å². The van der Waals surface area contributed by atoms with E-state index in [2.05, 4.69) is 22.7 Å². The molecule has 5 heteroatoms. The Balaban J connectivity index is 2.40. The number of nitrogens with two attached hydrogens (primary N) is 1. The van der Waals surface area contributed by atoms with E-state index in [4.69, 9.17) is 5.84 Å². The molecule has 0 aliphatic rings. The van der Waals surface area contributed by atoms with E-state index in [9.17, 15) is 0 Å². The fraction of sp³-hybridized carbons (Fsp3) is 0.667. The minimum Gasteiger partial charge on any atom is -0.271 e. The standard InChI is InChI=1S/C9H17N3S2/c1-3-13-6-8(12-10)4-9-11-7(2)5-14-9/h5,8,12H,3-4,6,10H2,1-2H3. The van der Waals surface area contributed by atoms with Crippen molar-refractivity contribution in [2.24, 2.45) is 5.84 Å². The topological polar surface area (TPSA) is 50.9 Å². The number of thioether (sulfide) groups is 1. The SMILES string of the molecule is CCSCC(Cc1nc(C)cs1)NN. The van der Waals surface area contributed by atoms with Gasteiger partial charge in [0.1, 0.15) is 0 Å². The number of aryl methyl sites for hydroxylation is 1. The number of aromatic nitrogens is 1. The first-order chi connectivity index (χ1) is 6.76. The summed E-state index contributed by atoms with van der Waals surface area (Å²) < 4.78 is 0. The summed E-state index contributed by atoms with van der Waals surface area (Å²) in [7, 11) is 0. The van der Waals surface area contributed by atoms with Crippen LogP contribution in [0.3, 0.4) is 0 Å². The average molecular weight is 231 g/mol. The smallest absolute Gasteiger partial charge is 0.0944 e. The predicted octanol–water partition coefficient (Wildman–Crippen LogP) is 1.58. The summed E-state index contributed by atoms with van der Waals surface area (Å²) in [6, 6.07) is 0.338. The first-order valence-corrected chi connectivity index (χ1v) is 6.74. The molecule has 1 heterocycles. The Morgan fingerprint density at radius 2 is 2.50 bits per heavy atom. The van der Waals surface area contributed by atoms with Crippen LogP contribution in [-0.2, 0) is 6.42 Å². The van der Waals surface area contributed by atoms with Crippen LogP contribution in [0.2, 0.25) is 0 Å². The molecule has 14 heavy (non-hydrogen) atoms. The molecule has 3 nitrogen and oxygen atoms in total. The quantitative estimate of drug-likeness (QED) is 0.576. The molecule has 1 aromatic heterocycles. The number of nitrogens with one attached hydrogen (secondary N) is 1. The largest absolute Gasteiger partial charge is 0.271 e. The van der Waals surface area contributed by atoms with Gasteiger partial charge >= 0.3 is 0 Å². The molecule has 80 valence electrons. The van der Waals surface area contributed by atoms with Crippen LogP contribution in [0.5, 0.6) is 0 Å². The molecular weight excluding hydrogens is 214 g/mol. The third kappa shape index (κ3) is 3.96. The van der Waals surface area contributed by atoms with E-state index in [0.717, 1.165) is 23.6 Å². The Bertz CT molecular complexity index is 262. The van der Waals surface area contributed by atoms with E-state index in [1.807, 2.05) is 18.7 Å². The lowest BCUT2D eigenvalue weighted by molar-refractivity contribution is 0.574. The first-order valence-electron chi connectivity index (χ1n) is 4.71. The zero-order valence-electron chi connectivity index (χ0n) is 8.62. The summed E-state index contributed by atoms with van der Waals surface area (Å²) >= 11 is 3.61. The van der Waals surface area contributed by atoms with Crippen LogP contribution < -0.4 is 11.3 Å². The molecule has 3 N–H and O–H groups in total. The summed E-state index contributed by atoms with van der Waals surface area (Å²) in [5.74, 6) is 7.66. The Hall–Kier alpha value is -0.100. The number of hydrogen-bond acceptors (Lipinski definition) is 5. The third-order valence-electron chi connectivity index (χ3n) is 1.85. The van der Waals surface area contributed by atoms with Gasteiger partial charge < -0.3 is 0 Å². The van der Waals surface area contributed by atoms with Crippen LogP contribution >= 0.6 is 23.1 Å². The summed E-state index contributed by atoms with van der Waals surface area (Å²) in [6.45, 7) is 4.18. The van der Waals surface area contributed by atoms with Gasteiger partial charge in [-0.3, -0.25) is 11.3 Å². The lowest BCUT2D eigenvalue weighted by Crippen LogP contribution is -2.38. The van der Waals surface area contributed by atoms with Crippen LogP contribution in [0.25, 0.3) is 0 Å². The van der Waals surface area contributed by atoms with Gasteiger partial charge in [-0.25, -0.2) is 4.98 Å². The van der Waals surface area contributed by atoms with Crippen molar-refractivity contribution in [1.29, 1.82) is 0 Å². The van der Waals surface area contributed by atoms with Crippen molar-refractivity contribution in [3.05, 3.63) is 16.1 Å². The fourth-order valence-electron chi connectivity index (χ4n) is 1.13. The van der Waals surface area contributed by atoms with Crippen LogP contribution in [0.4, 0.5) is 0 Å². The van der Waals surface area contributed by atoms with Crippen LogP contribution in [0.1, 0.15) is 17.6 Å². The van der Waals surface area contributed by atoms with Gasteiger partial charge in [0, 0.05) is 29.3 Å². The molecule has 1 rings (SSSR count). The number of hydrazine groups is 1. The second-order valence-corrected chi connectivity index (χ2v) is 5.37. The highest BCUT2D eigenvalue weighted by Gasteiger charge is 2.09. The zero-order valence-corrected chi connectivity index (χ0v) is 10.3. The number of thiazole rings is 1. The third-order valence-corrected chi connectivity index (χ3v) is 3.88. The molecule has 1 aromatic rings. The van der Waals surface area contributed by atoms with Gasteiger partial charge in [-0.15, -0.1) is 11.3 Å². The maximum atomic E-state index is 5.48. The second kappa shape index (κ2) is 6.40. The molecule has 0 aromatic carbocycles. The highest BCUT2D eigenvalue weighted by Crippen LogP contribution is 2.13. The average Bonchev–Trinajstić information content (AvgIpc) is 2.58. The Morgan fingerprint density at radius 3 is 3.00 bits per heavy atom. The summed E-state index contributed by atoms with van der Waals surface area (Å²) in [5.41, 5.74) is 3.94. The first kappa shape index (κ1) is 12.0. The molecule has 0 bridgehead atoms. The number of hydrogen-bond donors (Lipinski definition) is 2. The molecule has 0 saturated carbocycles. The Labute approximate surface area is 93.5 Å². The summed E-state index contributed by atoms with van der Waals surface area (Å²) in [5, 5.41) is 3.25. The maximum Gasteiger partial charge on any atom is 0.0944 e. The molecule has 0 spiro atoms. The van der Waals surface area contributed by atoms with E-state index in [-0.39, 0.29) is 0 Å². The van der Waals surface area contributed by atoms with E-state index in [1.165, 1.54) is 5.01 Å². The van der Waals surface area contributed by atoms with Gasteiger partial charge in [0.05, 0.1) is 5.01 Å². The van der Waals surface area contributed by atoms with Gasteiger partial charge in [-0.2, -0.15) is 11.8 Å². The zero-order chi connectivity index (χ0) is 10.4. The lowest BCUT2D eigenvalue weighted by Gasteiger charge is -2.12.